The van der Waals surface area contributed by atoms with Crippen molar-refractivity contribution in [1.82, 2.24) is 5.32 Å². The summed E-state index contributed by atoms with van der Waals surface area (Å²) < 4.78 is 0. The normalized spacial score (nSPS) is 32.2. The maximum atomic E-state index is 3.60. The van der Waals surface area contributed by atoms with Gasteiger partial charge in [0.15, 0.2) is 0 Å². The fourth-order valence-electron chi connectivity index (χ4n) is 1.98. The highest BCUT2D eigenvalue weighted by Crippen LogP contribution is 2.19. The molecule has 0 spiro atoms. The molecule has 0 saturated carbocycles. The largest absolute Gasteiger partial charge is 0.314 e. The summed E-state index contributed by atoms with van der Waals surface area (Å²) in [6.07, 6.45) is 6.94. The Kier molecular flexibility index (Phi) is 3.92. The first-order valence-corrected chi connectivity index (χ1v) is 5.10. The first-order valence-electron chi connectivity index (χ1n) is 5.10. The van der Waals surface area contributed by atoms with Gasteiger partial charge in [-0.2, -0.15) is 0 Å². The standard InChI is InChI=1S/C10H21N/c1-3-5-9-6-7-10(4-2)11-8-9/h9-11H,3-8H2,1-2H3. The lowest BCUT2D eigenvalue weighted by Gasteiger charge is -2.28. The van der Waals surface area contributed by atoms with E-state index in [9.17, 15) is 0 Å². The molecular formula is C10H21N. The van der Waals surface area contributed by atoms with E-state index < -0.39 is 0 Å². The van der Waals surface area contributed by atoms with Gasteiger partial charge in [0.25, 0.3) is 0 Å². The predicted molar refractivity (Wildman–Crippen MR) is 49.7 cm³/mol. The van der Waals surface area contributed by atoms with Gasteiger partial charge in [-0.3, -0.25) is 0 Å². The van der Waals surface area contributed by atoms with Crippen LogP contribution in [0.4, 0.5) is 0 Å². The van der Waals surface area contributed by atoms with Crippen LogP contribution >= 0.6 is 0 Å². The van der Waals surface area contributed by atoms with Crippen molar-refractivity contribution < 1.29 is 0 Å². The van der Waals surface area contributed by atoms with Crippen LogP contribution in [0, 0.1) is 5.92 Å². The average Bonchev–Trinajstić information content (AvgIpc) is 2.07. The van der Waals surface area contributed by atoms with Gasteiger partial charge >= 0.3 is 0 Å². The van der Waals surface area contributed by atoms with Crippen LogP contribution in [0.25, 0.3) is 0 Å². The number of hydrogen-bond acceptors (Lipinski definition) is 1. The van der Waals surface area contributed by atoms with Gasteiger partial charge in [0.2, 0.25) is 0 Å². The number of nitrogens with one attached hydrogen (secondary N) is 1. The molecule has 1 heterocycles. The van der Waals surface area contributed by atoms with Gasteiger partial charge in [0.1, 0.15) is 0 Å². The third kappa shape index (κ3) is 2.82. The first-order chi connectivity index (χ1) is 5.36. The van der Waals surface area contributed by atoms with Crippen LogP contribution in [-0.2, 0) is 0 Å². The minimum Gasteiger partial charge on any atom is -0.314 e. The minimum absolute atomic E-state index is 0.822. The van der Waals surface area contributed by atoms with Crippen LogP contribution in [0.15, 0.2) is 0 Å². The molecule has 0 aromatic carbocycles. The zero-order chi connectivity index (χ0) is 8.10. The van der Waals surface area contributed by atoms with Crippen molar-refractivity contribution in [3.63, 3.8) is 0 Å². The van der Waals surface area contributed by atoms with E-state index in [1.54, 1.807) is 0 Å². The summed E-state index contributed by atoms with van der Waals surface area (Å²) in [5, 5.41) is 3.60. The lowest BCUT2D eigenvalue weighted by Crippen LogP contribution is -2.38. The predicted octanol–water partition coefficient (Wildman–Crippen LogP) is 2.56. The van der Waals surface area contributed by atoms with E-state index >= 15 is 0 Å². The molecule has 1 saturated heterocycles. The van der Waals surface area contributed by atoms with Crippen molar-refractivity contribution in [1.29, 1.82) is 0 Å². The van der Waals surface area contributed by atoms with Gasteiger partial charge in [0, 0.05) is 6.04 Å². The summed E-state index contributed by atoms with van der Waals surface area (Å²) in [6, 6.07) is 0.822. The van der Waals surface area contributed by atoms with Crippen molar-refractivity contribution >= 4 is 0 Å². The average molecular weight is 155 g/mol. The summed E-state index contributed by atoms with van der Waals surface area (Å²) in [6.45, 7) is 5.83. The van der Waals surface area contributed by atoms with Crippen molar-refractivity contribution in [2.45, 2.75) is 52.0 Å². The zero-order valence-corrected chi connectivity index (χ0v) is 7.90. The molecule has 1 fully saturated rings. The molecule has 0 aromatic rings. The molecule has 66 valence electrons. The smallest absolute Gasteiger partial charge is 0.00646 e. The summed E-state index contributed by atoms with van der Waals surface area (Å²) in [7, 11) is 0. The molecule has 1 rings (SSSR count). The third-order valence-electron chi connectivity index (χ3n) is 2.81. The molecule has 11 heavy (non-hydrogen) atoms. The molecule has 0 radical (unpaired) electrons. The Balaban J connectivity index is 2.14. The second-order valence-electron chi connectivity index (χ2n) is 3.75. The van der Waals surface area contributed by atoms with Gasteiger partial charge in [-0.1, -0.05) is 20.3 Å². The second-order valence-corrected chi connectivity index (χ2v) is 3.75. The van der Waals surface area contributed by atoms with E-state index in [-0.39, 0.29) is 0 Å². The van der Waals surface area contributed by atoms with Gasteiger partial charge in [-0.25, -0.2) is 0 Å². The molecule has 1 heteroatoms. The van der Waals surface area contributed by atoms with E-state index in [0.717, 1.165) is 12.0 Å². The van der Waals surface area contributed by atoms with Crippen molar-refractivity contribution in [3.8, 4) is 0 Å². The number of piperidine rings is 1. The van der Waals surface area contributed by atoms with Gasteiger partial charge < -0.3 is 5.32 Å². The molecule has 2 unspecified atom stereocenters. The van der Waals surface area contributed by atoms with E-state index in [2.05, 4.69) is 19.2 Å². The van der Waals surface area contributed by atoms with E-state index in [1.165, 1.54) is 38.6 Å². The monoisotopic (exact) mass is 155 g/mol. The SMILES string of the molecule is CCCC1CCC(CC)NC1. The van der Waals surface area contributed by atoms with Crippen LogP contribution < -0.4 is 5.32 Å². The quantitative estimate of drug-likeness (QED) is 0.660. The van der Waals surface area contributed by atoms with Crippen LogP contribution in [0.1, 0.15) is 46.0 Å². The maximum Gasteiger partial charge on any atom is 0.00646 e. The molecule has 1 aliphatic heterocycles. The molecule has 0 aliphatic carbocycles. The molecule has 1 N–H and O–H groups in total. The summed E-state index contributed by atoms with van der Waals surface area (Å²) >= 11 is 0. The molecule has 0 amide bonds. The van der Waals surface area contributed by atoms with E-state index in [1.807, 2.05) is 0 Å². The molecule has 1 nitrogen and oxygen atoms in total. The fourth-order valence-corrected chi connectivity index (χ4v) is 1.98. The highest BCUT2D eigenvalue weighted by molar-refractivity contribution is 4.76. The molecule has 1 aliphatic rings. The lowest BCUT2D eigenvalue weighted by atomic mass is 9.90. The molecule has 0 bridgehead atoms. The second kappa shape index (κ2) is 4.76. The summed E-state index contributed by atoms with van der Waals surface area (Å²) in [5.74, 6) is 0.975. The molecule has 0 aromatic heterocycles. The van der Waals surface area contributed by atoms with E-state index in [4.69, 9.17) is 0 Å². The first kappa shape index (κ1) is 9.05. The van der Waals surface area contributed by atoms with Crippen molar-refractivity contribution in [2.75, 3.05) is 6.54 Å². The van der Waals surface area contributed by atoms with Gasteiger partial charge in [0.05, 0.1) is 0 Å². The Morgan fingerprint density at radius 3 is 2.55 bits per heavy atom. The molecular weight excluding hydrogens is 134 g/mol. The van der Waals surface area contributed by atoms with E-state index in [0.29, 0.717) is 0 Å². The third-order valence-corrected chi connectivity index (χ3v) is 2.81. The Morgan fingerprint density at radius 2 is 2.09 bits per heavy atom. The topological polar surface area (TPSA) is 12.0 Å². The van der Waals surface area contributed by atoms with Gasteiger partial charge in [-0.15, -0.1) is 0 Å². The summed E-state index contributed by atoms with van der Waals surface area (Å²) in [4.78, 5) is 0. The van der Waals surface area contributed by atoms with Gasteiger partial charge in [-0.05, 0) is 38.1 Å². The Bertz CT molecular complexity index is 93.0. The fraction of sp³-hybridized carbons (Fsp3) is 1.00. The number of rotatable bonds is 3. The van der Waals surface area contributed by atoms with Crippen LogP contribution in [0.5, 0.6) is 0 Å². The van der Waals surface area contributed by atoms with Crippen LogP contribution in [0.3, 0.4) is 0 Å². The highest BCUT2D eigenvalue weighted by atomic mass is 14.9. The Labute approximate surface area is 70.6 Å². The Morgan fingerprint density at radius 1 is 1.27 bits per heavy atom. The summed E-state index contributed by atoms with van der Waals surface area (Å²) in [5.41, 5.74) is 0. The molecule has 2 atom stereocenters. The van der Waals surface area contributed by atoms with Crippen LogP contribution in [0.2, 0.25) is 0 Å². The lowest BCUT2D eigenvalue weighted by molar-refractivity contribution is 0.291. The zero-order valence-electron chi connectivity index (χ0n) is 7.90. The number of hydrogen-bond donors (Lipinski definition) is 1. The Hall–Kier alpha value is -0.0400. The van der Waals surface area contributed by atoms with Crippen molar-refractivity contribution in [2.24, 2.45) is 5.92 Å². The maximum absolute atomic E-state index is 3.60. The minimum atomic E-state index is 0.822. The van der Waals surface area contributed by atoms with Crippen LogP contribution in [-0.4, -0.2) is 12.6 Å². The highest BCUT2D eigenvalue weighted by Gasteiger charge is 2.17. The van der Waals surface area contributed by atoms with Crippen molar-refractivity contribution in [3.05, 3.63) is 0 Å².